The smallest absolute Gasteiger partial charge is 0.245 e. The molecule has 2 heterocycles. The second-order valence-corrected chi connectivity index (χ2v) is 5.46. The zero-order valence-corrected chi connectivity index (χ0v) is 12.5. The van der Waals surface area contributed by atoms with Crippen LogP contribution in [0.1, 0.15) is 13.0 Å². The Labute approximate surface area is 126 Å². The molecule has 5 nitrogen and oxygen atoms in total. The molecule has 2 aromatic rings. The number of H-pyrrole nitrogens is 1. The number of rotatable bonds is 2. The lowest BCUT2D eigenvalue weighted by Crippen LogP contribution is -2.43. The highest BCUT2D eigenvalue weighted by atomic mass is 32.1. The molecule has 1 unspecified atom stereocenters. The SMILES string of the molecule is CC(C(=O)N1CCOCC1)n1c(=S)[nH]c2ccc(F)cc21. The standard InChI is InChI=1S/C14H16FN3O2S/c1-9(13(19)17-4-6-20-7-5-17)18-12-8-10(15)2-3-11(12)16-14(18)21/h2-3,8-9H,4-7H2,1H3,(H,16,21). The predicted octanol–water partition coefficient (Wildman–Crippen LogP) is 2.26. The lowest BCUT2D eigenvalue weighted by Gasteiger charge is -2.29. The summed E-state index contributed by atoms with van der Waals surface area (Å²) in [6, 6.07) is 3.91. The van der Waals surface area contributed by atoms with Crippen LogP contribution in [0.15, 0.2) is 18.2 Å². The van der Waals surface area contributed by atoms with Gasteiger partial charge < -0.3 is 19.2 Å². The van der Waals surface area contributed by atoms with Crippen LogP contribution in [0.4, 0.5) is 4.39 Å². The number of halogens is 1. The van der Waals surface area contributed by atoms with E-state index in [1.165, 1.54) is 12.1 Å². The van der Waals surface area contributed by atoms with E-state index < -0.39 is 6.04 Å². The van der Waals surface area contributed by atoms with Crippen molar-refractivity contribution >= 4 is 29.2 Å². The zero-order chi connectivity index (χ0) is 15.0. The Morgan fingerprint density at radius 1 is 1.43 bits per heavy atom. The largest absolute Gasteiger partial charge is 0.378 e. The summed E-state index contributed by atoms with van der Waals surface area (Å²) >= 11 is 5.28. The quantitative estimate of drug-likeness (QED) is 0.866. The monoisotopic (exact) mass is 309 g/mol. The summed E-state index contributed by atoms with van der Waals surface area (Å²) in [5.41, 5.74) is 1.33. The fourth-order valence-electron chi connectivity index (χ4n) is 2.64. The first-order valence-electron chi connectivity index (χ1n) is 6.84. The Hall–Kier alpha value is -1.73. The first-order valence-corrected chi connectivity index (χ1v) is 7.25. The summed E-state index contributed by atoms with van der Waals surface area (Å²) < 4.78 is 20.8. The van der Waals surface area contributed by atoms with Crippen LogP contribution in [0, 0.1) is 10.6 Å². The van der Waals surface area contributed by atoms with Gasteiger partial charge in [-0.15, -0.1) is 0 Å². The van der Waals surface area contributed by atoms with E-state index in [2.05, 4.69) is 4.98 Å². The van der Waals surface area contributed by atoms with Crippen LogP contribution in [0.2, 0.25) is 0 Å². The maximum absolute atomic E-state index is 13.5. The highest BCUT2D eigenvalue weighted by molar-refractivity contribution is 7.71. The molecule has 1 amide bonds. The molecule has 1 aliphatic rings. The topological polar surface area (TPSA) is 50.3 Å². The number of nitrogens with one attached hydrogen (secondary N) is 1. The predicted molar refractivity (Wildman–Crippen MR) is 79.2 cm³/mol. The molecule has 3 rings (SSSR count). The minimum Gasteiger partial charge on any atom is -0.378 e. The van der Waals surface area contributed by atoms with Gasteiger partial charge in [0.05, 0.1) is 24.2 Å². The second kappa shape index (κ2) is 5.57. The number of hydrogen-bond acceptors (Lipinski definition) is 3. The Morgan fingerprint density at radius 3 is 2.86 bits per heavy atom. The number of hydrogen-bond donors (Lipinski definition) is 1. The number of morpholine rings is 1. The number of imidazole rings is 1. The third-order valence-corrected chi connectivity index (χ3v) is 4.05. The molecule has 1 saturated heterocycles. The van der Waals surface area contributed by atoms with E-state index >= 15 is 0 Å². The molecule has 1 aromatic carbocycles. The molecule has 0 spiro atoms. The van der Waals surface area contributed by atoms with Crippen molar-refractivity contribution in [2.24, 2.45) is 0 Å². The molecule has 7 heteroatoms. The summed E-state index contributed by atoms with van der Waals surface area (Å²) in [7, 11) is 0. The van der Waals surface area contributed by atoms with Gasteiger partial charge in [0.25, 0.3) is 0 Å². The van der Waals surface area contributed by atoms with Crippen molar-refractivity contribution in [3.8, 4) is 0 Å². The van der Waals surface area contributed by atoms with E-state index in [1.807, 2.05) is 0 Å². The maximum atomic E-state index is 13.5. The van der Waals surface area contributed by atoms with Gasteiger partial charge in [-0.25, -0.2) is 4.39 Å². The van der Waals surface area contributed by atoms with Gasteiger partial charge in [0.1, 0.15) is 11.9 Å². The lowest BCUT2D eigenvalue weighted by atomic mass is 10.2. The van der Waals surface area contributed by atoms with Gasteiger partial charge in [-0.05, 0) is 37.3 Å². The Kier molecular flexibility index (Phi) is 3.77. The number of benzene rings is 1. The van der Waals surface area contributed by atoms with Crippen LogP contribution in [0.25, 0.3) is 11.0 Å². The van der Waals surface area contributed by atoms with Crippen LogP contribution >= 0.6 is 12.2 Å². The van der Waals surface area contributed by atoms with Gasteiger partial charge >= 0.3 is 0 Å². The van der Waals surface area contributed by atoms with Crippen molar-refractivity contribution < 1.29 is 13.9 Å². The van der Waals surface area contributed by atoms with Gasteiger partial charge in [-0.2, -0.15) is 0 Å². The Balaban J connectivity index is 1.98. The lowest BCUT2D eigenvalue weighted by molar-refractivity contribution is -0.138. The number of carbonyl (C=O) groups is 1. The second-order valence-electron chi connectivity index (χ2n) is 5.08. The van der Waals surface area contributed by atoms with Crippen LogP contribution in [-0.2, 0) is 9.53 Å². The third-order valence-electron chi connectivity index (χ3n) is 3.75. The van der Waals surface area contributed by atoms with Gasteiger partial charge in [-0.3, -0.25) is 4.79 Å². The van der Waals surface area contributed by atoms with Crippen molar-refractivity contribution in [3.05, 3.63) is 28.8 Å². The Morgan fingerprint density at radius 2 is 2.14 bits per heavy atom. The molecule has 0 bridgehead atoms. The first-order chi connectivity index (χ1) is 10.1. The third kappa shape index (κ3) is 2.58. The number of carbonyl (C=O) groups excluding carboxylic acids is 1. The number of aromatic amines is 1. The fourth-order valence-corrected chi connectivity index (χ4v) is 3.00. The molecule has 1 N–H and O–H groups in total. The van der Waals surface area contributed by atoms with Gasteiger partial charge in [0, 0.05) is 13.1 Å². The molecule has 0 aliphatic carbocycles. The Bertz CT molecular complexity index is 733. The van der Waals surface area contributed by atoms with E-state index in [-0.39, 0.29) is 11.7 Å². The minimum atomic E-state index is -0.480. The molecule has 1 atom stereocenters. The molecular weight excluding hydrogens is 293 g/mol. The number of fused-ring (bicyclic) bond motifs is 1. The van der Waals surface area contributed by atoms with Crippen molar-refractivity contribution in [3.63, 3.8) is 0 Å². The van der Waals surface area contributed by atoms with Gasteiger partial charge in [0.2, 0.25) is 5.91 Å². The number of nitrogens with zero attached hydrogens (tertiary/aromatic N) is 2. The zero-order valence-electron chi connectivity index (χ0n) is 11.6. The fraction of sp³-hybridized carbons (Fsp3) is 0.429. The molecule has 21 heavy (non-hydrogen) atoms. The van der Waals surface area contributed by atoms with E-state index in [4.69, 9.17) is 17.0 Å². The molecule has 0 radical (unpaired) electrons. The molecule has 112 valence electrons. The average Bonchev–Trinajstić information content (AvgIpc) is 2.82. The summed E-state index contributed by atoms with van der Waals surface area (Å²) in [5.74, 6) is -0.379. The van der Waals surface area contributed by atoms with Crippen LogP contribution in [0.5, 0.6) is 0 Å². The van der Waals surface area contributed by atoms with Gasteiger partial charge in [0.15, 0.2) is 4.77 Å². The molecule has 0 saturated carbocycles. The highest BCUT2D eigenvalue weighted by Crippen LogP contribution is 2.22. The van der Waals surface area contributed by atoms with Crippen LogP contribution < -0.4 is 0 Å². The van der Waals surface area contributed by atoms with Crippen molar-refractivity contribution in [2.45, 2.75) is 13.0 Å². The first kappa shape index (κ1) is 14.2. The summed E-state index contributed by atoms with van der Waals surface area (Å²) in [5, 5.41) is 0. The van der Waals surface area contributed by atoms with E-state index in [0.717, 1.165) is 5.52 Å². The number of aromatic nitrogens is 2. The summed E-state index contributed by atoms with van der Waals surface area (Å²) in [6.45, 7) is 4.03. The van der Waals surface area contributed by atoms with Crippen molar-refractivity contribution in [2.75, 3.05) is 26.3 Å². The number of amides is 1. The molecule has 1 aliphatic heterocycles. The normalized spacial score (nSPS) is 17.1. The summed E-state index contributed by atoms with van der Waals surface area (Å²) in [4.78, 5) is 17.3. The van der Waals surface area contributed by atoms with Crippen molar-refractivity contribution in [1.29, 1.82) is 0 Å². The van der Waals surface area contributed by atoms with E-state index in [1.54, 1.807) is 22.5 Å². The minimum absolute atomic E-state index is 0.0282. The summed E-state index contributed by atoms with van der Waals surface area (Å²) in [6.07, 6.45) is 0. The molecule has 1 aromatic heterocycles. The molecule has 1 fully saturated rings. The van der Waals surface area contributed by atoms with Gasteiger partial charge in [-0.1, -0.05) is 0 Å². The maximum Gasteiger partial charge on any atom is 0.245 e. The van der Waals surface area contributed by atoms with Crippen molar-refractivity contribution in [1.82, 2.24) is 14.5 Å². The van der Waals surface area contributed by atoms with E-state index in [9.17, 15) is 9.18 Å². The molecular formula is C14H16FN3O2S. The number of ether oxygens (including phenoxy) is 1. The average molecular weight is 309 g/mol. The highest BCUT2D eigenvalue weighted by Gasteiger charge is 2.25. The van der Waals surface area contributed by atoms with E-state index in [0.29, 0.717) is 36.6 Å². The van der Waals surface area contributed by atoms with Crippen LogP contribution in [0.3, 0.4) is 0 Å². The van der Waals surface area contributed by atoms with Crippen LogP contribution in [-0.4, -0.2) is 46.7 Å².